The van der Waals surface area contributed by atoms with Crippen LogP contribution < -0.4 is 20.0 Å². The van der Waals surface area contributed by atoms with E-state index in [1.165, 1.54) is 12.5 Å². The van der Waals surface area contributed by atoms with E-state index in [-0.39, 0.29) is 37.0 Å². The Morgan fingerprint density at radius 1 is 0.759 bits per heavy atom. The second-order valence-electron chi connectivity index (χ2n) is 13.2. The zero-order chi connectivity index (χ0) is 38.5. The average Bonchev–Trinajstić information content (AvgIpc) is 3.18. The lowest BCUT2D eigenvalue weighted by molar-refractivity contribution is -0.383. The topological polar surface area (TPSA) is 213 Å². The smallest absolute Gasteiger partial charge is 0.280 e. The monoisotopic (exact) mass is 745 g/mol. The summed E-state index contributed by atoms with van der Waals surface area (Å²) in [6.07, 6.45) is 5.88. The van der Waals surface area contributed by atoms with Crippen molar-refractivity contribution in [3.05, 3.63) is 58.8 Å². The minimum atomic E-state index is -0.343. The number of nitro benzene ring substituents is 1. The SMILES string of the molecule is CN(C)CCCNc1c2ccccc2nc2cccc([N+](=O)[O-])c12.OCCN(CCO)c1nc(N2CCCCC2)c2nc(N(CCO)CCO)ncc2n1. The van der Waals surface area contributed by atoms with Gasteiger partial charge in [-0.15, -0.1) is 0 Å². The first-order chi connectivity index (χ1) is 26.3. The van der Waals surface area contributed by atoms with Crippen molar-refractivity contribution in [3.63, 3.8) is 0 Å². The number of nitrogens with one attached hydrogen (secondary N) is 1. The van der Waals surface area contributed by atoms with Gasteiger partial charge < -0.3 is 45.3 Å². The number of fused-ring (bicyclic) bond motifs is 3. The van der Waals surface area contributed by atoms with Crippen LogP contribution in [-0.4, -0.2) is 148 Å². The maximum atomic E-state index is 11.5. The normalized spacial score (nSPS) is 13.0. The molecule has 0 spiro atoms. The van der Waals surface area contributed by atoms with Crippen LogP contribution in [0, 0.1) is 10.1 Å². The average molecular weight is 746 g/mol. The number of anilines is 4. The third-order valence-electron chi connectivity index (χ3n) is 9.06. The summed E-state index contributed by atoms with van der Waals surface area (Å²) in [6, 6.07) is 12.8. The summed E-state index contributed by atoms with van der Waals surface area (Å²) in [7, 11) is 4.06. The Bertz CT molecular complexity index is 1970. The van der Waals surface area contributed by atoms with Crippen molar-refractivity contribution >= 4 is 61.9 Å². The highest BCUT2D eigenvalue weighted by Gasteiger charge is 2.23. The van der Waals surface area contributed by atoms with Gasteiger partial charge >= 0.3 is 0 Å². The van der Waals surface area contributed by atoms with Crippen LogP contribution in [0.4, 0.5) is 29.1 Å². The van der Waals surface area contributed by atoms with Crippen molar-refractivity contribution in [2.75, 3.05) is 113 Å². The highest BCUT2D eigenvalue weighted by atomic mass is 16.6. The number of aliphatic hydroxyl groups excluding tert-OH is 4. The third-order valence-corrected chi connectivity index (χ3v) is 9.06. The maximum absolute atomic E-state index is 11.5. The number of aliphatic hydroxyl groups is 4. The van der Waals surface area contributed by atoms with Crippen molar-refractivity contribution in [3.8, 4) is 0 Å². The molecule has 3 aromatic heterocycles. The highest BCUT2D eigenvalue weighted by Crippen LogP contribution is 2.36. The molecule has 17 nitrogen and oxygen atoms in total. The molecule has 1 aliphatic heterocycles. The van der Waals surface area contributed by atoms with E-state index in [0.29, 0.717) is 65.8 Å². The Morgan fingerprint density at radius 2 is 1.41 bits per heavy atom. The van der Waals surface area contributed by atoms with Gasteiger partial charge in [0.25, 0.3) is 5.69 Å². The molecule has 0 amide bonds. The van der Waals surface area contributed by atoms with E-state index < -0.39 is 0 Å². The number of non-ortho nitro benzene ring substituents is 1. The first kappa shape index (κ1) is 40.1. The Morgan fingerprint density at radius 3 is 2.06 bits per heavy atom. The summed E-state index contributed by atoms with van der Waals surface area (Å²) < 4.78 is 0. The predicted octanol–water partition coefficient (Wildman–Crippen LogP) is 2.65. The van der Waals surface area contributed by atoms with Crippen molar-refractivity contribution in [2.24, 2.45) is 0 Å². The van der Waals surface area contributed by atoms with Crippen LogP contribution in [0.3, 0.4) is 0 Å². The van der Waals surface area contributed by atoms with Crippen LogP contribution in [0.2, 0.25) is 0 Å². The van der Waals surface area contributed by atoms with E-state index in [2.05, 4.69) is 35.1 Å². The van der Waals surface area contributed by atoms with Gasteiger partial charge in [-0.2, -0.15) is 4.98 Å². The van der Waals surface area contributed by atoms with Crippen LogP contribution in [0.25, 0.3) is 32.8 Å². The molecule has 0 aliphatic carbocycles. The molecule has 290 valence electrons. The van der Waals surface area contributed by atoms with E-state index in [4.69, 9.17) is 4.98 Å². The summed E-state index contributed by atoms with van der Waals surface area (Å²) in [5.41, 5.74) is 3.53. The molecule has 5 aromatic rings. The van der Waals surface area contributed by atoms with Gasteiger partial charge in [0.2, 0.25) is 11.9 Å². The fourth-order valence-electron chi connectivity index (χ4n) is 6.49. The van der Waals surface area contributed by atoms with Crippen LogP contribution in [0.1, 0.15) is 25.7 Å². The lowest BCUT2D eigenvalue weighted by atomic mass is 10.1. The molecule has 0 saturated carbocycles. The molecule has 1 aliphatic rings. The van der Waals surface area contributed by atoms with Crippen LogP contribution in [0.5, 0.6) is 0 Å². The molecule has 6 rings (SSSR count). The van der Waals surface area contributed by atoms with Crippen molar-refractivity contribution < 1.29 is 25.3 Å². The highest BCUT2D eigenvalue weighted by molar-refractivity contribution is 6.11. The van der Waals surface area contributed by atoms with Gasteiger partial charge in [0, 0.05) is 57.3 Å². The summed E-state index contributed by atoms with van der Waals surface area (Å²) in [6.45, 7) is 4.36. The van der Waals surface area contributed by atoms with Crippen molar-refractivity contribution in [1.82, 2.24) is 29.8 Å². The van der Waals surface area contributed by atoms with Gasteiger partial charge in [-0.25, -0.2) is 19.9 Å². The number of para-hydroxylation sites is 1. The number of hydrogen-bond donors (Lipinski definition) is 5. The molecule has 0 unspecified atom stereocenters. The molecular weight excluding hydrogens is 694 g/mol. The number of rotatable bonds is 17. The first-order valence-electron chi connectivity index (χ1n) is 18.4. The maximum Gasteiger partial charge on any atom is 0.280 e. The summed E-state index contributed by atoms with van der Waals surface area (Å²) >= 11 is 0. The van der Waals surface area contributed by atoms with Gasteiger partial charge in [0.05, 0.1) is 54.3 Å². The number of benzene rings is 2. The van der Waals surface area contributed by atoms with Crippen molar-refractivity contribution in [2.45, 2.75) is 25.7 Å². The van der Waals surface area contributed by atoms with Gasteiger partial charge in [-0.3, -0.25) is 10.1 Å². The molecule has 5 N–H and O–H groups in total. The lowest BCUT2D eigenvalue weighted by Crippen LogP contribution is -2.34. The fourth-order valence-corrected chi connectivity index (χ4v) is 6.49. The molecule has 54 heavy (non-hydrogen) atoms. The van der Waals surface area contributed by atoms with Crippen LogP contribution >= 0.6 is 0 Å². The molecule has 0 atom stereocenters. The second-order valence-corrected chi connectivity index (χ2v) is 13.2. The first-order valence-corrected chi connectivity index (χ1v) is 18.4. The van der Waals surface area contributed by atoms with E-state index in [1.807, 2.05) is 44.4 Å². The molecule has 17 heteroatoms. The Kier molecular flexibility index (Phi) is 14.7. The molecule has 2 aromatic carbocycles. The van der Waals surface area contributed by atoms with Crippen LogP contribution in [-0.2, 0) is 0 Å². The number of hydrogen-bond acceptors (Lipinski definition) is 16. The zero-order valence-corrected chi connectivity index (χ0v) is 31.0. The van der Waals surface area contributed by atoms with E-state index in [1.54, 1.807) is 22.1 Å². The molecule has 1 fully saturated rings. The quantitative estimate of drug-likeness (QED) is 0.0401. The van der Waals surface area contributed by atoms with Crippen LogP contribution in [0.15, 0.2) is 48.7 Å². The molecule has 4 heterocycles. The van der Waals surface area contributed by atoms with Gasteiger partial charge in [0.15, 0.2) is 5.82 Å². The fraction of sp³-hybridized carbons (Fsp3) is 0.486. The summed E-state index contributed by atoms with van der Waals surface area (Å²) in [5.74, 6) is 1.53. The zero-order valence-electron chi connectivity index (χ0n) is 31.0. The number of nitrogens with zero attached hydrogens (tertiary/aromatic N) is 10. The van der Waals surface area contributed by atoms with Gasteiger partial charge in [-0.05, 0) is 58.5 Å². The largest absolute Gasteiger partial charge is 0.395 e. The summed E-state index contributed by atoms with van der Waals surface area (Å²) in [5, 5.41) is 53.8. The van der Waals surface area contributed by atoms with Gasteiger partial charge in [-0.1, -0.05) is 24.3 Å². The third kappa shape index (κ3) is 9.91. The number of aromatic nitrogens is 5. The second kappa shape index (κ2) is 19.8. The number of piperidine rings is 1. The Labute approximate surface area is 314 Å². The summed E-state index contributed by atoms with van der Waals surface area (Å²) in [4.78, 5) is 41.9. The Hall–Kier alpha value is -5.07. The number of nitro groups is 1. The minimum Gasteiger partial charge on any atom is -0.395 e. The lowest BCUT2D eigenvalue weighted by Gasteiger charge is -2.30. The predicted molar refractivity (Wildman–Crippen MR) is 212 cm³/mol. The molecule has 1 saturated heterocycles. The Balaban J connectivity index is 0.000000213. The molecular formula is C37H51N11O6. The van der Waals surface area contributed by atoms with Crippen molar-refractivity contribution in [1.29, 1.82) is 0 Å². The standard InChI is InChI=1S/C19H31N7O4.C18H20N4O2/c27-10-6-25(7-11-28)18-20-14-15-16(22-18)17(24-4-2-1-3-5-24)23-19(21-15)26(8-12-29)9-13-30;1-21(2)12-6-11-19-18-13-7-3-4-8-14(13)20-15-9-5-10-16(17(15)18)22(23)24/h14,27-30H,1-13H2;3-5,7-10H,6,11-12H2,1-2H3,(H,19,20). The van der Waals surface area contributed by atoms with E-state index in [9.17, 15) is 30.5 Å². The molecule has 0 bridgehead atoms. The van der Waals surface area contributed by atoms with Gasteiger partial charge in [0.1, 0.15) is 16.4 Å². The molecule has 0 radical (unpaired) electrons. The van der Waals surface area contributed by atoms with E-state index >= 15 is 0 Å². The van der Waals surface area contributed by atoms with E-state index in [0.717, 1.165) is 62.0 Å². The minimum absolute atomic E-state index is 0.0762. The number of pyridine rings is 1.